The van der Waals surface area contributed by atoms with E-state index in [0.29, 0.717) is 6.54 Å². The summed E-state index contributed by atoms with van der Waals surface area (Å²) in [5, 5.41) is 6.86. The maximum atomic E-state index is 11.9. The van der Waals surface area contributed by atoms with Gasteiger partial charge in [-0.05, 0) is 31.8 Å². The van der Waals surface area contributed by atoms with Crippen molar-refractivity contribution < 1.29 is 21.6 Å². The van der Waals surface area contributed by atoms with Crippen molar-refractivity contribution >= 4 is 21.8 Å². The molecule has 0 unspecified atom stereocenters. The monoisotopic (exact) mass is 346 g/mol. The van der Waals surface area contributed by atoms with Crippen LogP contribution in [0.15, 0.2) is 17.3 Å². The highest BCUT2D eigenvalue weighted by molar-refractivity contribution is 8.00. The van der Waals surface area contributed by atoms with Gasteiger partial charge in [-0.1, -0.05) is 0 Å². The molecule has 1 aromatic rings. The molecule has 11 heteroatoms. The normalized spacial score (nSPS) is 12.8. The second-order valence-corrected chi connectivity index (χ2v) is 7.01. The van der Waals surface area contributed by atoms with Crippen molar-refractivity contribution in [3.05, 3.63) is 12.4 Å². The highest BCUT2D eigenvalue weighted by Crippen LogP contribution is 2.29. The molecule has 0 spiro atoms. The van der Waals surface area contributed by atoms with Crippen LogP contribution >= 0.6 is 11.8 Å². The van der Waals surface area contributed by atoms with E-state index in [4.69, 9.17) is 0 Å². The Morgan fingerprint density at radius 1 is 1.38 bits per heavy atom. The third-order valence-electron chi connectivity index (χ3n) is 2.39. The zero-order chi connectivity index (χ0) is 15.9. The zero-order valence-electron chi connectivity index (χ0n) is 11.4. The van der Waals surface area contributed by atoms with Crippen molar-refractivity contribution in [2.75, 3.05) is 25.9 Å². The summed E-state index contributed by atoms with van der Waals surface area (Å²) in [4.78, 5) is -0.0519. The van der Waals surface area contributed by atoms with Gasteiger partial charge in [0.1, 0.15) is 4.90 Å². The topological polar surface area (TPSA) is 76.0 Å². The maximum Gasteiger partial charge on any atom is 0.441 e. The van der Waals surface area contributed by atoms with E-state index in [-0.39, 0.29) is 29.0 Å². The predicted octanol–water partition coefficient (Wildman–Crippen LogP) is 1.02. The van der Waals surface area contributed by atoms with Gasteiger partial charge < -0.3 is 5.32 Å². The van der Waals surface area contributed by atoms with Crippen LogP contribution in [-0.2, 0) is 16.6 Å². The Hall–Kier alpha value is -0.780. The number of aryl methyl sites for hydroxylation is 1. The largest absolute Gasteiger partial charge is 0.441 e. The molecule has 1 rings (SSSR count). The molecule has 0 aliphatic rings. The Labute approximate surface area is 125 Å². The molecule has 21 heavy (non-hydrogen) atoms. The van der Waals surface area contributed by atoms with Gasteiger partial charge in [-0.25, -0.2) is 13.1 Å². The summed E-state index contributed by atoms with van der Waals surface area (Å²) in [5.41, 5.74) is -4.36. The first kappa shape index (κ1) is 18.3. The van der Waals surface area contributed by atoms with Crippen molar-refractivity contribution in [2.24, 2.45) is 0 Å². The molecule has 0 bridgehead atoms. The van der Waals surface area contributed by atoms with Gasteiger partial charge >= 0.3 is 5.51 Å². The van der Waals surface area contributed by atoms with Gasteiger partial charge in [0.25, 0.3) is 0 Å². The molecule has 0 amide bonds. The summed E-state index contributed by atoms with van der Waals surface area (Å²) >= 11 is -0.266. The number of hydrogen-bond donors (Lipinski definition) is 2. The van der Waals surface area contributed by atoms with E-state index in [1.54, 1.807) is 0 Å². The molecule has 0 saturated heterocycles. The number of alkyl halides is 3. The summed E-state index contributed by atoms with van der Waals surface area (Å²) in [6.07, 6.45) is 3.32. The van der Waals surface area contributed by atoms with Crippen molar-refractivity contribution in [1.29, 1.82) is 0 Å². The molecule has 0 aliphatic carbocycles. The number of hydrogen-bond acceptors (Lipinski definition) is 5. The van der Waals surface area contributed by atoms with Crippen LogP contribution in [0.3, 0.4) is 0 Å². The number of sulfonamides is 1. The van der Waals surface area contributed by atoms with Crippen LogP contribution in [0.1, 0.15) is 6.42 Å². The Morgan fingerprint density at radius 3 is 2.71 bits per heavy atom. The molecule has 0 fully saturated rings. The number of aromatic nitrogens is 2. The minimum atomic E-state index is -4.36. The van der Waals surface area contributed by atoms with Crippen LogP contribution in [-0.4, -0.2) is 49.6 Å². The molecule has 2 N–H and O–H groups in total. The fraction of sp³-hybridized carbons (Fsp3) is 0.700. The first-order chi connectivity index (χ1) is 9.74. The molecule has 1 heterocycles. The lowest BCUT2D eigenvalue weighted by Crippen LogP contribution is -2.26. The highest BCUT2D eigenvalue weighted by atomic mass is 32.2. The standard InChI is InChI=1S/C10H17F3N4O2S2/c1-14-3-2-5-17-8-9(7-15-17)21(18,19)16-4-6-20-10(11,12)13/h7-8,14,16H,2-6H2,1H3. The summed E-state index contributed by atoms with van der Waals surface area (Å²) < 4.78 is 63.0. The third-order valence-corrected chi connectivity index (χ3v) is 4.54. The molecule has 122 valence electrons. The number of nitrogens with zero attached hydrogens (tertiary/aromatic N) is 2. The lowest BCUT2D eigenvalue weighted by molar-refractivity contribution is -0.0327. The van der Waals surface area contributed by atoms with E-state index in [2.05, 4.69) is 15.1 Å². The fourth-order valence-corrected chi connectivity index (χ4v) is 3.00. The van der Waals surface area contributed by atoms with Crippen LogP contribution in [0.5, 0.6) is 0 Å². The van der Waals surface area contributed by atoms with E-state index < -0.39 is 15.5 Å². The maximum absolute atomic E-state index is 11.9. The van der Waals surface area contributed by atoms with Crippen LogP contribution < -0.4 is 10.0 Å². The van der Waals surface area contributed by atoms with Gasteiger partial charge in [-0.3, -0.25) is 4.68 Å². The molecular weight excluding hydrogens is 329 g/mol. The number of halogens is 3. The molecular formula is C10H17F3N4O2S2. The smallest absolute Gasteiger partial charge is 0.320 e. The van der Waals surface area contributed by atoms with E-state index >= 15 is 0 Å². The first-order valence-corrected chi connectivity index (χ1v) is 8.59. The molecule has 0 aliphatic heterocycles. The lowest BCUT2D eigenvalue weighted by atomic mass is 10.4. The summed E-state index contributed by atoms with van der Waals surface area (Å²) in [7, 11) is -2.01. The molecule has 1 aromatic heterocycles. The first-order valence-electron chi connectivity index (χ1n) is 6.12. The second-order valence-electron chi connectivity index (χ2n) is 4.09. The molecule has 0 saturated carbocycles. The van der Waals surface area contributed by atoms with Crippen LogP contribution in [0.25, 0.3) is 0 Å². The average Bonchev–Trinajstić information content (AvgIpc) is 2.84. The van der Waals surface area contributed by atoms with Gasteiger partial charge in [0, 0.05) is 25.0 Å². The van der Waals surface area contributed by atoms with Gasteiger partial charge in [-0.15, -0.1) is 0 Å². The predicted molar refractivity (Wildman–Crippen MR) is 74.5 cm³/mol. The molecule has 6 nitrogen and oxygen atoms in total. The summed E-state index contributed by atoms with van der Waals surface area (Å²) in [5.74, 6) is -0.376. The number of rotatable bonds is 9. The fourth-order valence-electron chi connectivity index (χ4n) is 1.45. The van der Waals surface area contributed by atoms with Crippen molar-refractivity contribution in [1.82, 2.24) is 19.8 Å². The minimum Gasteiger partial charge on any atom is -0.320 e. The summed E-state index contributed by atoms with van der Waals surface area (Å²) in [6, 6.07) is 0. The van der Waals surface area contributed by atoms with E-state index in [1.807, 2.05) is 7.05 Å². The Kier molecular flexibility index (Phi) is 6.97. The van der Waals surface area contributed by atoms with Gasteiger partial charge in [0.15, 0.2) is 0 Å². The van der Waals surface area contributed by atoms with E-state index in [1.165, 1.54) is 17.1 Å². The average molecular weight is 346 g/mol. The number of thioether (sulfide) groups is 1. The van der Waals surface area contributed by atoms with Crippen molar-refractivity contribution in [3.63, 3.8) is 0 Å². The molecule has 0 atom stereocenters. The lowest BCUT2D eigenvalue weighted by Gasteiger charge is -2.06. The van der Waals surface area contributed by atoms with E-state index in [0.717, 1.165) is 13.0 Å². The Morgan fingerprint density at radius 2 is 2.10 bits per heavy atom. The molecule has 0 aromatic carbocycles. The highest BCUT2D eigenvalue weighted by Gasteiger charge is 2.27. The summed E-state index contributed by atoms with van der Waals surface area (Å²) in [6.45, 7) is 1.03. The van der Waals surface area contributed by atoms with Crippen LogP contribution in [0, 0.1) is 0 Å². The van der Waals surface area contributed by atoms with Gasteiger partial charge in [-0.2, -0.15) is 18.3 Å². The van der Waals surface area contributed by atoms with Crippen molar-refractivity contribution in [2.45, 2.75) is 23.4 Å². The van der Waals surface area contributed by atoms with Crippen molar-refractivity contribution in [3.8, 4) is 0 Å². The third kappa shape index (κ3) is 7.16. The van der Waals surface area contributed by atoms with Crippen LogP contribution in [0.4, 0.5) is 13.2 Å². The Bertz CT molecular complexity index is 531. The number of nitrogens with one attached hydrogen (secondary N) is 2. The van der Waals surface area contributed by atoms with Gasteiger partial charge in [0.2, 0.25) is 10.0 Å². The second kappa shape index (κ2) is 8.01. The zero-order valence-corrected chi connectivity index (χ0v) is 13.0. The SMILES string of the molecule is CNCCCn1cc(S(=O)(=O)NCCSC(F)(F)F)cn1. The van der Waals surface area contributed by atoms with Crippen LogP contribution in [0.2, 0.25) is 0 Å². The quantitative estimate of drug-likeness (QED) is 0.653. The Balaban J connectivity index is 2.47. The van der Waals surface area contributed by atoms with Gasteiger partial charge in [0.05, 0.1) is 6.20 Å². The molecule has 0 radical (unpaired) electrons. The minimum absolute atomic E-state index is 0.0519. The van der Waals surface area contributed by atoms with E-state index in [9.17, 15) is 21.6 Å².